The largest absolute Gasteiger partial charge is 0.497 e. The van der Waals surface area contributed by atoms with Crippen LogP contribution in [0.1, 0.15) is 36.1 Å². The summed E-state index contributed by atoms with van der Waals surface area (Å²) < 4.78 is 5.26. The SMILES string of the molecule is COc1ccc(C2(NCc3cnc(N)s3)CCCC2)cc1.Cl. The standard InChI is InChI=1S/C16H21N3OS.ClH/c1-20-13-6-4-12(5-7-13)16(8-2-3-9-16)19-11-14-10-18-15(17)21-14;/h4-7,10,19H,2-3,8-9,11H2,1H3,(H2,17,18);1H. The number of aromatic nitrogens is 1. The Hall–Kier alpha value is -1.30. The van der Waals surface area contributed by atoms with Crippen molar-refractivity contribution in [2.75, 3.05) is 12.8 Å². The Bertz CT molecular complexity index is 594. The van der Waals surface area contributed by atoms with Gasteiger partial charge in [0.15, 0.2) is 5.13 Å². The number of nitrogen functional groups attached to an aromatic ring is 1. The lowest BCUT2D eigenvalue weighted by Crippen LogP contribution is -2.39. The maximum absolute atomic E-state index is 5.70. The van der Waals surface area contributed by atoms with Gasteiger partial charge in [0.2, 0.25) is 0 Å². The molecule has 0 bridgehead atoms. The number of methoxy groups -OCH3 is 1. The normalized spacial score (nSPS) is 16.2. The van der Waals surface area contributed by atoms with Gasteiger partial charge in [0.1, 0.15) is 5.75 Å². The molecule has 6 heteroatoms. The predicted octanol–water partition coefficient (Wildman–Crippen LogP) is 3.71. The molecule has 2 aromatic rings. The van der Waals surface area contributed by atoms with Crippen LogP contribution in [0.25, 0.3) is 0 Å². The smallest absolute Gasteiger partial charge is 0.180 e. The van der Waals surface area contributed by atoms with Crippen LogP contribution in [0.15, 0.2) is 30.5 Å². The van der Waals surface area contributed by atoms with Crippen molar-refractivity contribution >= 4 is 28.9 Å². The summed E-state index contributed by atoms with van der Waals surface area (Å²) in [5.41, 5.74) is 7.12. The average Bonchev–Trinajstić information content (AvgIpc) is 3.15. The minimum Gasteiger partial charge on any atom is -0.497 e. The Morgan fingerprint density at radius 3 is 2.50 bits per heavy atom. The molecule has 0 atom stereocenters. The van der Waals surface area contributed by atoms with E-state index in [4.69, 9.17) is 10.5 Å². The quantitative estimate of drug-likeness (QED) is 0.871. The zero-order valence-electron chi connectivity index (χ0n) is 12.7. The topological polar surface area (TPSA) is 60.2 Å². The van der Waals surface area contributed by atoms with E-state index in [2.05, 4.69) is 22.4 Å². The van der Waals surface area contributed by atoms with E-state index < -0.39 is 0 Å². The third kappa shape index (κ3) is 3.54. The Labute approximate surface area is 141 Å². The number of nitrogens with zero attached hydrogens (tertiary/aromatic N) is 1. The third-order valence-corrected chi connectivity index (χ3v) is 5.10. The lowest BCUT2D eigenvalue weighted by Gasteiger charge is -2.31. The molecule has 0 unspecified atom stereocenters. The van der Waals surface area contributed by atoms with Crippen molar-refractivity contribution in [3.8, 4) is 5.75 Å². The predicted molar refractivity (Wildman–Crippen MR) is 93.8 cm³/mol. The molecule has 1 heterocycles. The molecule has 1 aromatic heterocycles. The number of benzene rings is 1. The van der Waals surface area contributed by atoms with E-state index in [1.54, 1.807) is 18.4 Å². The Balaban J connectivity index is 0.00000176. The molecule has 22 heavy (non-hydrogen) atoms. The summed E-state index contributed by atoms with van der Waals surface area (Å²) in [6.45, 7) is 0.820. The first-order valence-corrected chi connectivity index (χ1v) is 8.13. The summed E-state index contributed by atoms with van der Waals surface area (Å²) in [5, 5.41) is 4.39. The summed E-state index contributed by atoms with van der Waals surface area (Å²) in [5.74, 6) is 0.905. The lowest BCUT2D eigenvalue weighted by molar-refractivity contribution is 0.339. The second kappa shape index (κ2) is 7.31. The maximum Gasteiger partial charge on any atom is 0.180 e. The first kappa shape index (κ1) is 17.1. The summed E-state index contributed by atoms with van der Waals surface area (Å²) >= 11 is 1.56. The molecule has 1 aliphatic carbocycles. The van der Waals surface area contributed by atoms with Gasteiger partial charge < -0.3 is 15.8 Å². The molecule has 1 fully saturated rings. The molecule has 0 saturated heterocycles. The molecule has 3 N–H and O–H groups in total. The molecule has 3 rings (SSSR count). The molecule has 4 nitrogen and oxygen atoms in total. The lowest BCUT2D eigenvalue weighted by atomic mass is 9.88. The van der Waals surface area contributed by atoms with Crippen molar-refractivity contribution in [3.05, 3.63) is 40.9 Å². The van der Waals surface area contributed by atoms with Gasteiger partial charge in [0, 0.05) is 23.2 Å². The van der Waals surface area contributed by atoms with E-state index in [0.29, 0.717) is 5.13 Å². The van der Waals surface area contributed by atoms with Gasteiger partial charge in [-0.05, 0) is 30.5 Å². The fraction of sp³-hybridized carbons (Fsp3) is 0.438. The van der Waals surface area contributed by atoms with Crippen LogP contribution in [0, 0.1) is 0 Å². The number of hydrogen-bond acceptors (Lipinski definition) is 5. The molecule has 0 amide bonds. The van der Waals surface area contributed by atoms with Gasteiger partial charge in [-0.15, -0.1) is 23.7 Å². The van der Waals surface area contributed by atoms with Crippen LogP contribution in [0.3, 0.4) is 0 Å². The van der Waals surface area contributed by atoms with Crippen LogP contribution in [0.2, 0.25) is 0 Å². The monoisotopic (exact) mass is 339 g/mol. The van der Waals surface area contributed by atoms with Gasteiger partial charge in [-0.3, -0.25) is 0 Å². The molecular weight excluding hydrogens is 318 g/mol. The third-order valence-electron chi connectivity index (χ3n) is 4.27. The number of rotatable bonds is 5. The van der Waals surface area contributed by atoms with Gasteiger partial charge in [0.05, 0.1) is 7.11 Å². The minimum atomic E-state index is 0. The van der Waals surface area contributed by atoms with E-state index >= 15 is 0 Å². The van der Waals surface area contributed by atoms with Crippen molar-refractivity contribution in [2.45, 2.75) is 37.8 Å². The molecule has 0 radical (unpaired) electrons. The van der Waals surface area contributed by atoms with Crippen LogP contribution in [0.4, 0.5) is 5.13 Å². The number of hydrogen-bond donors (Lipinski definition) is 2. The second-order valence-corrected chi connectivity index (χ2v) is 6.68. The fourth-order valence-corrected chi connectivity index (χ4v) is 3.74. The highest BCUT2D eigenvalue weighted by Crippen LogP contribution is 2.39. The number of nitrogens with one attached hydrogen (secondary N) is 1. The van der Waals surface area contributed by atoms with Crippen molar-refractivity contribution in [2.24, 2.45) is 0 Å². The first-order valence-electron chi connectivity index (χ1n) is 7.32. The van der Waals surface area contributed by atoms with Crippen molar-refractivity contribution < 1.29 is 4.74 Å². The van der Waals surface area contributed by atoms with Crippen LogP contribution in [-0.2, 0) is 12.1 Å². The maximum atomic E-state index is 5.70. The number of halogens is 1. The molecule has 1 saturated carbocycles. The van der Waals surface area contributed by atoms with Crippen molar-refractivity contribution in [1.82, 2.24) is 10.3 Å². The summed E-state index contributed by atoms with van der Waals surface area (Å²) in [6.07, 6.45) is 6.75. The van der Waals surface area contributed by atoms with Gasteiger partial charge in [-0.2, -0.15) is 0 Å². The summed E-state index contributed by atoms with van der Waals surface area (Å²) in [4.78, 5) is 5.31. The number of nitrogens with two attached hydrogens (primary N) is 1. The van der Waals surface area contributed by atoms with Gasteiger partial charge >= 0.3 is 0 Å². The fourth-order valence-electron chi connectivity index (χ4n) is 3.12. The Kier molecular flexibility index (Phi) is 5.67. The van der Waals surface area contributed by atoms with Crippen molar-refractivity contribution in [1.29, 1.82) is 0 Å². The number of anilines is 1. The zero-order valence-corrected chi connectivity index (χ0v) is 14.3. The zero-order chi connectivity index (χ0) is 14.7. The van der Waals surface area contributed by atoms with Crippen LogP contribution < -0.4 is 15.8 Å². The summed E-state index contributed by atoms with van der Waals surface area (Å²) in [7, 11) is 1.70. The van der Waals surface area contributed by atoms with Gasteiger partial charge in [-0.1, -0.05) is 25.0 Å². The Morgan fingerprint density at radius 1 is 1.27 bits per heavy atom. The highest BCUT2D eigenvalue weighted by Gasteiger charge is 2.35. The Morgan fingerprint density at radius 2 is 1.95 bits per heavy atom. The van der Waals surface area contributed by atoms with E-state index in [-0.39, 0.29) is 17.9 Å². The van der Waals surface area contributed by atoms with E-state index in [1.807, 2.05) is 18.3 Å². The van der Waals surface area contributed by atoms with E-state index in [1.165, 1.54) is 36.1 Å². The summed E-state index contributed by atoms with van der Waals surface area (Å²) in [6, 6.07) is 8.44. The molecule has 0 aliphatic heterocycles. The molecule has 1 aliphatic rings. The minimum absolute atomic E-state index is 0. The number of thiazole rings is 1. The molecule has 120 valence electrons. The van der Waals surface area contributed by atoms with Gasteiger partial charge in [0.25, 0.3) is 0 Å². The first-order chi connectivity index (χ1) is 10.2. The highest BCUT2D eigenvalue weighted by atomic mass is 35.5. The van der Waals surface area contributed by atoms with Crippen molar-refractivity contribution in [3.63, 3.8) is 0 Å². The second-order valence-electron chi connectivity index (χ2n) is 5.54. The molecule has 1 aromatic carbocycles. The molecular formula is C16H22ClN3OS. The highest BCUT2D eigenvalue weighted by molar-refractivity contribution is 7.15. The number of ether oxygens (including phenoxy) is 1. The van der Waals surface area contributed by atoms with Gasteiger partial charge in [-0.25, -0.2) is 4.98 Å². The van der Waals surface area contributed by atoms with Crippen LogP contribution in [-0.4, -0.2) is 12.1 Å². The van der Waals surface area contributed by atoms with E-state index in [9.17, 15) is 0 Å². The van der Waals surface area contributed by atoms with Crippen LogP contribution in [0.5, 0.6) is 5.75 Å². The average molecular weight is 340 g/mol. The molecule has 0 spiro atoms. The van der Waals surface area contributed by atoms with E-state index in [0.717, 1.165) is 12.3 Å². The van der Waals surface area contributed by atoms with Crippen LogP contribution >= 0.6 is 23.7 Å².